The minimum Gasteiger partial charge on any atom is -0.488 e. The largest absolute Gasteiger partial charge is 0.488 e. The van der Waals surface area contributed by atoms with E-state index in [9.17, 15) is 13.2 Å². The Morgan fingerprint density at radius 1 is 0.967 bits per heavy atom. The lowest BCUT2D eigenvalue weighted by atomic mass is 10.2. The van der Waals surface area contributed by atoms with Crippen LogP contribution < -0.4 is 9.64 Å². The molecule has 0 saturated carbocycles. The molecule has 0 atom stereocenters. The van der Waals surface area contributed by atoms with E-state index in [1.807, 2.05) is 39.0 Å². The van der Waals surface area contributed by atoms with Crippen molar-refractivity contribution in [2.24, 2.45) is 0 Å². The van der Waals surface area contributed by atoms with E-state index in [4.69, 9.17) is 4.74 Å². The fourth-order valence-corrected chi connectivity index (χ4v) is 3.54. The molecule has 0 aliphatic heterocycles. The van der Waals surface area contributed by atoms with Crippen molar-refractivity contribution in [3.05, 3.63) is 66.4 Å². The van der Waals surface area contributed by atoms with E-state index in [1.165, 1.54) is 0 Å². The standard InChI is InChI=1S/C22H22F3N3OS/c1-21(2,3)29-16-10-8-9-15(13-16)28(4)20-26-14-18(22(23,24)25)19(27-20)30-17-11-6-5-7-12-17/h5-14H,1-4H3. The summed E-state index contributed by atoms with van der Waals surface area (Å²) in [6.45, 7) is 5.82. The molecule has 8 heteroatoms. The SMILES string of the molecule is CN(c1cccc(OC(C)(C)C)c1)c1ncc(C(F)(F)F)c(Sc2ccccc2)n1. The fraction of sp³-hybridized carbons (Fsp3) is 0.273. The molecule has 0 aliphatic carbocycles. The van der Waals surface area contributed by atoms with Gasteiger partial charge in [0.2, 0.25) is 5.95 Å². The molecule has 0 saturated heterocycles. The summed E-state index contributed by atoms with van der Waals surface area (Å²) < 4.78 is 46.4. The van der Waals surface area contributed by atoms with Crippen LogP contribution in [-0.4, -0.2) is 22.6 Å². The van der Waals surface area contributed by atoms with Gasteiger partial charge in [-0.25, -0.2) is 9.97 Å². The topological polar surface area (TPSA) is 38.2 Å². The Bertz CT molecular complexity index is 1000. The zero-order chi connectivity index (χ0) is 21.9. The zero-order valence-electron chi connectivity index (χ0n) is 17.1. The Kier molecular flexibility index (Phi) is 6.26. The summed E-state index contributed by atoms with van der Waals surface area (Å²) in [5, 5.41) is -0.146. The molecule has 30 heavy (non-hydrogen) atoms. The van der Waals surface area contributed by atoms with Gasteiger partial charge in [-0.15, -0.1) is 0 Å². The Hall–Kier alpha value is -2.74. The molecule has 0 aliphatic rings. The second-order valence-electron chi connectivity index (χ2n) is 7.57. The van der Waals surface area contributed by atoms with Crippen molar-refractivity contribution in [1.82, 2.24) is 9.97 Å². The van der Waals surface area contributed by atoms with Crippen molar-refractivity contribution in [1.29, 1.82) is 0 Å². The third-order valence-corrected chi connectivity index (χ3v) is 4.95. The highest BCUT2D eigenvalue weighted by Crippen LogP contribution is 2.39. The van der Waals surface area contributed by atoms with Gasteiger partial charge in [-0.1, -0.05) is 36.0 Å². The first kappa shape index (κ1) is 22.0. The fourth-order valence-electron chi connectivity index (χ4n) is 2.62. The molecule has 3 rings (SSSR count). The van der Waals surface area contributed by atoms with E-state index in [-0.39, 0.29) is 16.6 Å². The normalized spacial score (nSPS) is 12.0. The van der Waals surface area contributed by atoms with Crippen molar-refractivity contribution < 1.29 is 17.9 Å². The molecular weight excluding hydrogens is 411 g/mol. The summed E-state index contributed by atoms with van der Waals surface area (Å²) in [7, 11) is 1.70. The van der Waals surface area contributed by atoms with Gasteiger partial charge >= 0.3 is 6.18 Å². The number of nitrogens with zero attached hydrogens (tertiary/aromatic N) is 3. The maximum atomic E-state index is 13.5. The highest BCUT2D eigenvalue weighted by molar-refractivity contribution is 7.99. The molecule has 0 unspecified atom stereocenters. The monoisotopic (exact) mass is 433 g/mol. The molecule has 2 aromatic carbocycles. The van der Waals surface area contributed by atoms with Crippen LogP contribution in [0.1, 0.15) is 26.3 Å². The lowest BCUT2D eigenvalue weighted by Gasteiger charge is -2.23. The van der Waals surface area contributed by atoms with Crippen LogP contribution in [0.3, 0.4) is 0 Å². The number of hydrogen-bond acceptors (Lipinski definition) is 5. The van der Waals surface area contributed by atoms with E-state index in [1.54, 1.807) is 48.3 Å². The number of ether oxygens (including phenoxy) is 1. The average molecular weight is 433 g/mol. The number of rotatable bonds is 5. The maximum absolute atomic E-state index is 13.5. The van der Waals surface area contributed by atoms with Crippen LogP contribution in [0.25, 0.3) is 0 Å². The van der Waals surface area contributed by atoms with Crippen molar-refractivity contribution in [2.75, 3.05) is 11.9 Å². The second-order valence-corrected chi connectivity index (χ2v) is 8.63. The maximum Gasteiger partial charge on any atom is 0.420 e. The number of benzene rings is 2. The first-order chi connectivity index (χ1) is 14.0. The van der Waals surface area contributed by atoms with Crippen molar-refractivity contribution >= 4 is 23.4 Å². The number of hydrogen-bond donors (Lipinski definition) is 0. The summed E-state index contributed by atoms with van der Waals surface area (Å²) in [5.41, 5.74) is -0.535. The van der Waals surface area contributed by atoms with Crippen LogP contribution in [0.4, 0.5) is 24.8 Å². The van der Waals surface area contributed by atoms with Gasteiger partial charge in [0.15, 0.2) is 0 Å². The average Bonchev–Trinajstić information content (AvgIpc) is 2.66. The number of aromatic nitrogens is 2. The lowest BCUT2D eigenvalue weighted by Crippen LogP contribution is -2.23. The molecule has 1 aromatic heterocycles. The van der Waals surface area contributed by atoms with Gasteiger partial charge in [0, 0.05) is 29.9 Å². The summed E-state index contributed by atoms with van der Waals surface area (Å²) in [5.74, 6) is 0.812. The van der Waals surface area contributed by atoms with Gasteiger partial charge in [-0.3, -0.25) is 0 Å². The molecule has 158 valence electrons. The highest BCUT2D eigenvalue weighted by atomic mass is 32.2. The Morgan fingerprint density at radius 2 is 1.67 bits per heavy atom. The summed E-state index contributed by atoms with van der Waals surface area (Å²) >= 11 is 0.956. The van der Waals surface area contributed by atoms with Crippen LogP contribution in [-0.2, 0) is 6.18 Å². The predicted molar refractivity (Wildman–Crippen MR) is 112 cm³/mol. The minimum absolute atomic E-state index is 0.146. The molecule has 0 fully saturated rings. The first-order valence-electron chi connectivity index (χ1n) is 9.23. The number of anilines is 2. The van der Waals surface area contributed by atoms with Crippen molar-refractivity contribution in [3.63, 3.8) is 0 Å². The van der Waals surface area contributed by atoms with Crippen LogP contribution in [0, 0.1) is 0 Å². The van der Waals surface area contributed by atoms with Gasteiger partial charge in [0.05, 0.1) is 0 Å². The molecular formula is C22H22F3N3OS. The van der Waals surface area contributed by atoms with Gasteiger partial charge in [-0.2, -0.15) is 13.2 Å². The van der Waals surface area contributed by atoms with Gasteiger partial charge in [0.25, 0.3) is 0 Å². The summed E-state index contributed by atoms with van der Waals surface area (Å²) in [6, 6.07) is 16.1. The van der Waals surface area contributed by atoms with Gasteiger partial charge < -0.3 is 9.64 Å². The molecule has 3 aromatic rings. The quantitative estimate of drug-likeness (QED) is 0.424. The van der Waals surface area contributed by atoms with E-state index in [0.717, 1.165) is 18.0 Å². The zero-order valence-corrected chi connectivity index (χ0v) is 17.9. The van der Waals surface area contributed by atoms with Crippen molar-refractivity contribution in [3.8, 4) is 5.75 Å². The van der Waals surface area contributed by atoms with Crippen LogP contribution in [0.2, 0.25) is 0 Å². The lowest BCUT2D eigenvalue weighted by molar-refractivity contribution is -0.140. The van der Waals surface area contributed by atoms with E-state index >= 15 is 0 Å². The summed E-state index contributed by atoms with van der Waals surface area (Å²) in [4.78, 5) is 10.5. The Morgan fingerprint density at radius 3 is 2.30 bits per heavy atom. The third kappa shape index (κ3) is 5.66. The Labute approximate surface area is 178 Å². The first-order valence-corrected chi connectivity index (χ1v) is 10.0. The van der Waals surface area contributed by atoms with E-state index in [0.29, 0.717) is 16.3 Å². The van der Waals surface area contributed by atoms with Crippen LogP contribution in [0.5, 0.6) is 5.75 Å². The number of halogens is 3. The Balaban J connectivity index is 1.96. The van der Waals surface area contributed by atoms with Crippen LogP contribution >= 0.6 is 11.8 Å². The predicted octanol–water partition coefficient (Wildman–Crippen LogP) is 6.59. The molecule has 0 radical (unpaired) electrons. The molecule has 0 bridgehead atoms. The highest BCUT2D eigenvalue weighted by Gasteiger charge is 2.35. The van der Waals surface area contributed by atoms with E-state index < -0.39 is 11.7 Å². The van der Waals surface area contributed by atoms with Gasteiger partial charge in [-0.05, 0) is 45.0 Å². The smallest absolute Gasteiger partial charge is 0.420 e. The van der Waals surface area contributed by atoms with Gasteiger partial charge in [0.1, 0.15) is 21.9 Å². The van der Waals surface area contributed by atoms with E-state index in [2.05, 4.69) is 9.97 Å². The second kappa shape index (κ2) is 8.55. The summed E-state index contributed by atoms with van der Waals surface area (Å²) in [6.07, 6.45) is -3.71. The van der Waals surface area contributed by atoms with Crippen LogP contribution in [0.15, 0.2) is 70.7 Å². The molecule has 0 amide bonds. The van der Waals surface area contributed by atoms with Crippen molar-refractivity contribution in [2.45, 2.75) is 42.5 Å². The molecule has 0 N–H and O–H groups in total. The number of alkyl halides is 3. The molecule has 1 heterocycles. The minimum atomic E-state index is -4.55. The third-order valence-electron chi connectivity index (χ3n) is 3.93. The molecule has 0 spiro atoms. The molecule has 4 nitrogen and oxygen atoms in total.